The molecule has 0 atom stereocenters. The number of carbonyl (C=O) groups is 2. The van der Waals surface area contributed by atoms with Crippen molar-refractivity contribution >= 4 is 33.4 Å². The van der Waals surface area contributed by atoms with E-state index < -0.39 is 21.8 Å². The van der Waals surface area contributed by atoms with E-state index in [0.717, 1.165) is 16.7 Å². The summed E-state index contributed by atoms with van der Waals surface area (Å²) in [5, 5.41) is 0.439. The second kappa shape index (κ2) is 14.7. The molecule has 0 aliphatic carbocycles. The maximum absolute atomic E-state index is 13.6. The van der Waals surface area contributed by atoms with E-state index in [2.05, 4.69) is 10.9 Å². The lowest BCUT2D eigenvalue weighted by Crippen LogP contribution is -2.43. The molecule has 0 fully saturated rings. The van der Waals surface area contributed by atoms with Gasteiger partial charge in [0.1, 0.15) is 5.75 Å². The third kappa shape index (κ3) is 8.36. The summed E-state index contributed by atoms with van der Waals surface area (Å²) in [5.74, 6) is -0.526. The largest absolute Gasteiger partial charge is 0.483 e. The van der Waals surface area contributed by atoms with Gasteiger partial charge in [0.15, 0.2) is 6.61 Å². The molecule has 0 heterocycles. The molecular weight excluding hydrogens is 610 g/mol. The van der Waals surface area contributed by atoms with Crippen molar-refractivity contribution in [3.8, 4) is 16.9 Å². The van der Waals surface area contributed by atoms with Gasteiger partial charge in [-0.15, -0.1) is 0 Å². The van der Waals surface area contributed by atoms with Crippen LogP contribution in [0.1, 0.15) is 21.5 Å². The normalized spacial score (nSPS) is 11.2. The number of benzene rings is 5. The Hall–Kier alpha value is -4.96. The highest BCUT2D eigenvalue weighted by atomic mass is 35.5. The van der Waals surface area contributed by atoms with Crippen LogP contribution in [0.4, 0.5) is 0 Å². The minimum absolute atomic E-state index is 0.0697. The molecule has 45 heavy (non-hydrogen) atoms. The molecule has 0 spiro atoms. The fourth-order valence-corrected chi connectivity index (χ4v) is 6.10. The van der Waals surface area contributed by atoms with E-state index in [1.54, 1.807) is 30.3 Å². The predicted octanol–water partition coefficient (Wildman–Crippen LogP) is 6.24. The molecule has 0 aliphatic heterocycles. The van der Waals surface area contributed by atoms with Crippen molar-refractivity contribution in [1.29, 1.82) is 0 Å². The molecule has 0 saturated heterocycles. The van der Waals surface area contributed by atoms with Crippen LogP contribution in [0.15, 0.2) is 138 Å². The van der Waals surface area contributed by atoms with Crippen LogP contribution in [0.25, 0.3) is 11.1 Å². The van der Waals surface area contributed by atoms with E-state index in [-0.39, 0.29) is 30.2 Å². The van der Waals surface area contributed by atoms with E-state index in [9.17, 15) is 18.0 Å². The van der Waals surface area contributed by atoms with Gasteiger partial charge in [-0.05, 0) is 59.2 Å². The number of para-hydroxylation sites is 1. The van der Waals surface area contributed by atoms with Gasteiger partial charge in [0.05, 0.1) is 4.90 Å². The summed E-state index contributed by atoms with van der Waals surface area (Å²) >= 11 is 5.98. The molecule has 0 aromatic heterocycles. The first-order valence-corrected chi connectivity index (χ1v) is 15.9. The van der Waals surface area contributed by atoms with Gasteiger partial charge in [-0.3, -0.25) is 20.4 Å². The summed E-state index contributed by atoms with van der Waals surface area (Å²) in [6.45, 7) is -0.0827. The molecule has 2 N–H and O–H groups in total. The van der Waals surface area contributed by atoms with Gasteiger partial charge >= 0.3 is 0 Å². The standard InChI is InChI=1S/C35H30ClN3O5S/c36-30-19-21-31(22-20-30)45(42,43)39(23-26-9-3-1-4-10-26)24-27-15-17-29(18-16-27)35(41)38-37-34(40)25-44-33-14-8-7-13-32(33)28-11-5-2-6-12-28/h1-22H,23-25H2,(H,37,40)(H,38,41). The van der Waals surface area contributed by atoms with E-state index in [0.29, 0.717) is 16.3 Å². The van der Waals surface area contributed by atoms with Crippen molar-refractivity contribution in [1.82, 2.24) is 15.2 Å². The Labute approximate surface area is 267 Å². The second-order valence-electron chi connectivity index (χ2n) is 10.1. The minimum atomic E-state index is -3.87. The van der Waals surface area contributed by atoms with Crippen molar-refractivity contribution < 1.29 is 22.7 Å². The summed E-state index contributed by atoms with van der Waals surface area (Å²) in [4.78, 5) is 25.3. The van der Waals surface area contributed by atoms with Crippen molar-refractivity contribution in [3.05, 3.63) is 155 Å². The van der Waals surface area contributed by atoms with Crippen LogP contribution < -0.4 is 15.6 Å². The number of nitrogens with zero attached hydrogens (tertiary/aromatic N) is 1. The third-order valence-electron chi connectivity index (χ3n) is 6.87. The number of carbonyl (C=O) groups excluding carboxylic acids is 2. The van der Waals surface area contributed by atoms with Crippen molar-refractivity contribution in [3.63, 3.8) is 0 Å². The quantitative estimate of drug-likeness (QED) is 0.167. The van der Waals surface area contributed by atoms with Gasteiger partial charge in [-0.1, -0.05) is 103 Å². The zero-order chi connectivity index (χ0) is 31.6. The lowest BCUT2D eigenvalue weighted by atomic mass is 10.1. The average Bonchev–Trinajstić information content (AvgIpc) is 3.07. The molecule has 8 nitrogen and oxygen atoms in total. The Kier molecular flexibility index (Phi) is 10.3. The van der Waals surface area contributed by atoms with Crippen LogP contribution in [0.3, 0.4) is 0 Å². The number of rotatable bonds is 11. The number of ether oxygens (including phenoxy) is 1. The first kappa shape index (κ1) is 31.5. The van der Waals surface area contributed by atoms with Gasteiger partial charge in [-0.2, -0.15) is 4.31 Å². The number of nitrogens with one attached hydrogen (secondary N) is 2. The number of hydrazine groups is 1. The molecule has 0 saturated carbocycles. The Morgan fingerprint density at radius 2 is 1.24 bits per heavy atom. The highest BCUT2D eigenvalue weighted by Crippen LogP contribution is 2.29. The van der Waals surface area contributed by atoms with E-state index in [1.165, 1.54) is 28.6 Å². The van der Waals surface area contributed by atoms with Crippen LogP contribution in [0.5, 0.6) is 5.75 Å². The lowest BCUT2D eigenvalue weighted by molar-refractivity contribution is -0.123. The fourth-order valence-electron chi connectivity index (χ4n) is 4.56. The SMILES string of the molecule is O=C(COc1ccccc1-c1ccccc1)NNC(=O)c1ccc(CN(Cc2ccccc2)S(=O)(=O)c2ccc(Cl)cc2)cc1. The molecular formula is C35H30ClN3O5S. The molecule has 0 radical (unpaired) electrons. The highest BCUT2D eigenvalue weighted by Gasteiger charge is 2.25. The zero-order valence-corrected chi connectivity index (χ0v) is 25.7. The van der Waals surface area contributed by atoms with Gasteiger partial charge in [-0.25, -0.2) is 8.42 Å². The monoisotopic (exact) mass is 639 g/mol. The molecule has 228 valence electrons. The summed E-state index contributed by atoms with van der Waals surface area (Å²) in [6.07, 6.45) is 0. The number of halogens is 1. The molecule has 5 aromatic carbocycles. The molecule has 5 aromatic rings. The number of amides is 2. The number of hydrogen-bond donors (Lipinski definition) is 2. The van der Waals surface area contributed by atoms with E-state index in [4.69, 9.17) is 16.3 Å². The molecule has 10 heteroatoms. The van der Waals surface area contributed by atoms with Crippen LogP contribution in [-0.4, -0.2) is 31.1 Å². The van der Waals surface area contributed by atoms with Gasteiger partial charge in [0, 0.05) is 29.2 Å². The van der Waals surface area contributed by atoms with Crippen LogP contribution in [0.2, 0.25) is 5.02 Å². The highest BCUT2D eigenvalue weighted by molar-refractivity contribution is 7.89. The molecule has 2 amide bonds. The third-order valence-corrected chi connectivity index (χ3v) is 8.93. The van der Waals surface area contributed by atoms with Gasteiger partial charge < -0.3 is 4.74 Å². The second-order valence-corrected chi connectivity index (χ2v) is 12.4. The summed E-state index contributed by atoms with van der Waals surface area (Å²) in [7, 11) is -3.87. The minimum Gasteiger partial charge on any atom is -0.483 e. The Morgan fingerprint density at radius 3 is 1.91 bits per heavy atom. The van der Waals surface area contributed by atoms with Crippen LogP contribution in [0, 0.1) is 0 Å². The van der Waals surface area contributed by atoms with Crippen molar-refractivity contribution in [2.75, 3.05) is 6.61 Å². The van der Waals surface area contributed by atoms with E-state index in [1.807, 2.05) is 78.9 Å². The molecule has 5 rings (SSSR count). The Balaban J connectivity index is 1.20. The Bertz CT molecular complexity index is 1850. The maximum Gasteiger partial charge on any atom is 0.276 e. The van der Waals surface area contributed by atoms with Gasteiger partial charge in [0.2, 0.25) is 10.0 Å². The first-order chi connectivity index (χ1) is 21.8. The lowest BCUT2D eigenvalue weighted by Gasteiger charge is -2.23. The summed E-state index contributed by atoms with van der Waals surface area (Å²) in [6, 6.07) is 38.9. The molecule has 0 aliphatic rings. The fraction of sp³-hybridized carbons (Fsp3) is 0.0857. The van der Waals surface area contributed by atoms with Crippen molar-refractivity contribution in [2.45, 2.75) is 18.0 Å². The average molecular weight is 640 g/mol. The van der Waals surface area contributed by atoms with E-state index >= 15 is 0 Å². The molecule has 0 unspecified atom stereocenters. The molecule has 0 bridgehead atoms. The first-order valence-electron chi connectivity index (χ1n) is 14.0. The van der Waals surface area contributed by atoms with Crippen molar-refractivity contribution in [2.24, 2.45) is 0 Å². The predicted molar refractivity (Wildman–Crippen MR) is 174 cm³/mol. The van der Waals surface area contributed by atoms with Crippen LogP contribution >= 0.6 is 11.6 Å². The maximum atomic E-state index is 13.6. The van der Waals surface area contributed by atoms with Gasteiger partial charge in [0.25, 0.3) is 11.8 Å². The smallest absolute Gasteiger partial charge is 0.276 e. The number of hydrogen-bond acceptors (Lipinski definition) is 5. The summed E-state index contributed by atoms with van der Waals surface area (Å²) in [5.41, 5.74) is 8.34. The topological polar surface area (TPSA) is 105 Å². The Morgan fingerprint density at radius 1 is 0.667 bits per heavy atom. The van der Waals surface area contributed by atoms with Crippen LogP contribution in [-0.2, 0) is 27.9 Å². The number of sulfonamides is 1. The zero-order valence-electron chi connectivity index (χ0n) is 24.1. The summed E-state index contributed by atoms with van der Waals surface area (Å²) < 4.78 is 34.3.